The number of methoxy groups -OCH3 is 1. The van der Waals surface area contributed by atoms with Crippen molar-refractivity contribution in [3.05, 3.63) is 65.7 Å². The van der Waals surface area contributed by atoms with Crippen LogP contribution in [0.5, 0.6) is 11.5 Å². The normalized spacial score (nSPS) is 11.0. The van der Waals surface area contributed by atoms with Gasteiger partial charge in [-0.2, -0.15) is 5.26 Å². The van der Waals surface area contributed by atoms with E-state index in [0.717, 1.165) is 11.1 Å². The van der Waals surface area contributed by atoms with Gasteiger partial charge in [0.1, 0.15) is 6.07 Å². The van der Waals surface area contributed by atoms with E-state index in [4.69, 9.17) is 14.7 Å². The van der Waals surface area contributed by atoms with Gasteiger partial charge in [0.25, 0.3) is 0 Å². The van der Waals surface area contributed by atoms with Crippen LogP contribution >= 0.6 is 0 Å². The molecule has 0 fully saturated rings. The molecule has 0 saturated heterocycles. The second-order valence-electron chi connectivity index (χ2n) is 6.17. The Bertz CT molecular complexity index is 821. The molecule has 0 heterocycles. The van der Waals surface area contributed by atoms with E-state index >= 15 is 0 Å². The van der Waals surface area contributed by atoms with Crippen LogP contribution in [-0.4, -0.2) is 19.6 Å². The van der Waals surface area contributed by atoms with Crippen molar-refractivity contribution < 1.29 is 14.3 Å². The van der Waals surface area contributed by atoms with Gasteiger partial charge in [0.15, 0.2) is 18.1 Å². The fourth-order valence-corrected chi connectivity index (χ4v) is 2.47. The van der Waals surface area contributed by atoms with E-state index in [1.54, 1.807) is 24.3 Å². The van der Waals surface area contributed by atoms with Gasteiger partial charge in [0, 0.05) is 6.08 Å². The number of ether oxygens (including phenoxy) is 2. The van der Waals surface area contributed by atoms with Crippen molar-refractivity contribution in [2.75, 3.05) is 13.7 Å². The number of amides is 1. The SMILES string of the molecule is COc1cc(/C=C/C(=O)NC(C)(C)c2ccccc2)ccc1OCC#N. The molecule has 2 aromatic rings. The lowest BCUT2D eigenvalue weighted by molar-refractivity contribution is -0.118. The highest BCUT2D eigenvalue weighted by Gasteiger charge is 2.21. The van der Waals surface area contributed by atoms with Crippen LogP contribution in [0.2, 0.25) is 0 Å². The second kappa shape index (κ2) is 8.72. The molecule has 1 N–H and O–H groups in total. The van der Waals surface area contributed by atoms with Crippen molar-refractivity contribution in [1.82, 2.24) is 5.32 Å². The molecule has 134 valence electrons. The Morgan fingerprint density at radius 1 is 1.19 bits per heavy atom. The molecule has 5 heteroatoms. The van der Waals surface area contributed by atoms with E-state index in [9.17, 15) is 4.79 Å². The summed E-state index contributed by atoms with van der Waals surface area (Å²) < 4.78 is 10.5. The molecule has 0 aliphatic heterocycles. The fourth-order valence-electron chi connectivity index (χ4n) is 2.47. The molecule has 0 unspecified atom stereocenters. The Balaban J connectivity index is 2.07. The average Bonchev–Trinajstić information content (AvgIpc) is 2.65. The summed E-state index contributed by atoms with van der Waals surface area (Å²) in [7, 11) is 1.52. The average molecular weight is 350 g/mol. The molecule has 0 radical (unpaired) electrons. The van der Waals surface area contributed by atoms with Crippen LogP contribution in [0.3, 0.4) is 0 Å². The van der Waals surface area contributed by atoms with Gasteiger partial charge >= 0.3 is 0 Å². The van der Waals surface area contributed by atoms with Gasteiger partial charge < -0.3 is 14.8 Å². The van der Waals surface area contributed by atoms with Crippen LogP contribution in [0, 0.1) is 11.3 Å². The zero-order chi connectivity index (χ0) is 19.0. The fraction of sp³-hybridized carbons (Fsp3) is 0.238. The Hall–Kier alpha value is -3.26. The summed E-state index contributed by atoms with van der Waals surface area (Å²) >= 11 is 0. The molecule has 5 nitrogen and oxygen atoms in total. The standard InChI is InChI=1S/C21H22N2O3/c1-21(2,17-7-5-4-6-8-17)23-20(24)12-10-16-9-11-18(26-14-13-22)19(15-16)25-3/h4-12,15H,14H2,1-3H3,(H,23,24)/b12-10+. The third-order valence-electron chi connectivity index (χ3n) is 3.84. The lowest BCUT2D eigenvalue weighted by atomic mass is 9.94. The maximum absolute atomic E-state index is 12.3. The molecule has 0 aliphatic rings. The summed E-state index contributed by atoms with van der Waals surface area (Å²) in [5.41, 5.74) is 1.34. The monoisotopic (exact) mass is 350 g/mol. The summed E-state index contributed by atoms with van der Waals surface area (Å²) in [6.07, 6.45) is 3.18. The molecule has 0 spiro atoms. The summed E-state index contributed by atoms with van der Waals surface area (Å²) in [4.78, 5) is 12.3. The lowest BCUT2D eigenvalue weighted by Gasteiger charge is -2.26. The first-order valence-corrected chi connectivity index (χ1v) is 8.20. The second-order valence-corrected chi connectivity index (χ2v) is 6.17. The molecule has 26 heavy (non-hydrogen) atoms. The van der Waals surface area contributed by atoms with Crippen molar-refractivity contribution in [3.8, 4) is 17.6 Å². The van der Waals surface area contributed by atoms with E-state index in [1.807, 2.05) is 50.2 Å². The Labute approximate surface area is 153 Å². The summed E-state index contributed by atoms with van der Waals surface area (Å²) in [5.74, 6) is 0.802. The number of hydrogen-bond acceptors (Lipinski definition) is 4. The van der Waals surface area contributed by atoms with Crippen LogP contribution < -0.4 is 14.8 Å². The summed E-state index contributed by atoms with van der Waals surface area (Å²) in [6, 6.07) is 17.0. The van der Waals surface area contributed by atoms with Crippen molar-refractivity contribution in [1.29, 1.82) is 5.26 Å². The molecular formula is C21H22N2O3. The molecule has 0 aromatic heterocycles. The summed E-state index contributed by atoms with van der Waals surface area (Å²) in [5, 5.41) is 11.6. The van der Waals surface area contributed by atoms with Crippen LogP contribution in [0.1, 0.15) is 25.0 Å². The van der Waals surface area contributed by atoms with Gasteiger partial charge in [-0.3, -0.25) is 4.79 Å². The number of hydrogen-bond donors (Lipinski definition) is 1. The smallest absolute Gasteiger partial charge is 0.244 e. The highest BCUT2D eigenvalue weighted by atomic mass is 16.5. The number of nitrogens with one attached hydrogen (secondary N) is 1. The maximum Gasteiger partial charge on any atom is 0.244 e. The van der Waals surface area contributed by atoms with Crippen LogP contribution in [0.25, 0.3) is 6.08 Å². The third-order valence-corrected chi connectivity index (χ3v) is 3.84. The topological polar surface area (TPSA) is 71.3 Å². The minimum Gasteiger partial charge on any atom is -0.493 e. The highest BCUT2D eigenvalue weighted by molar-refractivity contribution is 5.92. The van der Waals surface area contributed by atoms with E-state index in [0.29, 0.717) is 11.5 Å². The number of carbonyl (C=O) groups excluding carboxylic acids is 1. The number of nitriles is 1. The predicted molar refractivity (Wildman–Crippen MR) is 101 cm³/mol. The Morgan fingerprint density at radius 3 is 2.58 bits per heavy atom. The van der Waals surface area contributed by atoms with Gasteiger partial charge in [-0.15, -0.1) is 0 Å². The Kier molecular flexibility index (Phi) is 6.40. The van der Waals surface area contributed by atoms with Crippen molar-refractivity contribution >= 4 is 12.0 Å². The maximum atomic E-state index is 12.3. The first-order chi connectivity index (χ1) is 12.5. The van der Waals surface area contributed by atoms with Crippen LogP contribution in [-0.2, 0) is 10.3 Å². The van der Waals surface area contributed by atoms with Gasteiger partial charge in [-0.1, -0.05) is 36.4 Å². The number of rotatable bonds is 7. The van der Waals surface area contributed by atoms with Gasteiger partial charge in [-0.05, 0) is 43.2 Å². The van der Waals surface area contributed by atoms with E-state index in [-0.39, 0.29) is 12.5 Å². The molecule has 0 atom stereocenters. The quantitative estimate of drug-likeness (QED) is 0.774. The first-order valence-electron chi connectivity index (χ1n) is 8.20. The minimum absolute atomic E-state index is 0.0531. The number of carbonyl (C=O) groups is 1. The van der Waals surface area contributed by atoms with Crippen LogP contribution in [0.15, 0.2) is 54.6 Å². The Morgan fingerprint density at radius 2 is 1.92 bits per heavy atom. The molecule has 0 bridgehead atoms. The number of benzene rings is 2. The highest BCUT2D eigenvalue weighted by Crippen LogP contribution is 2.28. The molecule has 2 aromatic carbocycles. The first kappa shape index (κ1) is 19.1. The predicted octanol–water partition coefficient (Wildman–Crippen LogP) is 3.66. The minimum atomic E-state index is -0.477. The van der Waals surface area contributed by atoms with Gasteiger partial charge in [-0.25, -0.2) is 0 Å². The van der Waals surface area contributed by atoms with Gasteiger partial charge in [0.05, 0.1) is 12.6 Å². The van der Waals surface area contributed by atoms with E-state index in [1.165, 1.54) is 13.2 Å². The number of nitrogens with zero attached hydrogens (tertiary/aromatic N) is 1. The third kappa shape index (κ3) is 5.12. The van der Waals surface area contributed by atoms with Crippen LogP contribution in [0.4, 0.5) is 0 Å². The van der Waals surface area contributed by atoms with E-state index < -0.39 is 5.54 Å². The molecule has 0 aliphatic carbocycles. The van der Waals surface area contributed by atoms with Crippen molar-refractivity contribution in [2.24, 2.45) is 0 Å². The molecule has 0 saturated carbocycles. The molecule has 2 rings (SSSR count). The van der Waals surface area contributed by atoms with Gasteiger partial charge in [0.2, 0.25) is 5.91 Å². The van der Waals surface area contributed by atoms with Crippen molar-refractivity contribution in [3.63, 3.8) is 0 Å². The lowest BCUT2D eigenvalue weighted by Crippen LogP contribution is -2.40. The molecule has 1 amide bonds. The largest absolute Gasteiger partial charge is 0.493 e. The zero-order valence-corrected chi connectivity index (χ0v) is 15.2. The summed E-state index contributed by atoms with van der Waals surface area (Å²) in [6.45, 7) is 3.86. The van der Waals surface area contributed by atoms with Crippen molar-refractivity contribution in [2.45, 2.75) is 19.4 Å². The van der Waals surface area contributed by atoms with E-state index in [2.05, 4.69) is 5.32 Å². The zero-order valence-electron chi connectivity index (χ0n) is 15.2. The molecular weight excluding hydrogens is 328 g/mol.